The van der Waals surface area contributed by atoms with E-state index in [1.165, 1.54) is 5.56 Å². The third kappa shape index (κ3) is 2.02. The number of amides is 1. The summed E-state index contributed by atoms with van der Waals surface area (Å²) < 4.78 is 5.05. The molecule has 1 heterocycles. The number of hydrogen-bond acceptors (Lipinski definition) is 2. The molecule has 0 atom stereocenters. The molecular weight excluding hydrogens is 190 g/mol. The third-order valence-corrected chi connectivity index (χ3v) is 2.70. The lowest BCUT2D eigenvalue weighted by atomic mass is 9.87. The number of ether oxygens (including phenoxy) is 1. The van der Waals surface area contributed by atoms with Crippen molar-refractivity contribution in [2.45, 2.75) is 13.8 Å². The van der Waals surface area contributed by atoms with Gasteiger partial charge in [-0.05, 0) is 26.0 Å². The van der Waals surface area contributed by atoms with E-state index < -0.39 is 0 Å². The second-order valence-corrected chi connectivity index (χ2v) is 4.37. The summed E-state index contributed by atoms with van der Waals surface area (Å²) in [6.45, 7) is 4.97. The molecule has 15 heavy (non-hydrogen) atoms. The molecule has 1 aliphatic rings. The minimum Gasteiger partial charge on any atom is -0.379 e. The lowest BCUT2D eigenvalue weighted by Crippen LogP contribution is -2.49. The van der Waals surface area contributed by atoms with Crippen molar-refractivity contribution in [3.63, 3.8) is 0 Å². The highest BCUT2D eigenvalue weighted by molar-refractivity contribution is 5.95. The topological polar surface area (TPSA) is 38.3 Å². The highest BCUT2D eigenvalue weighted by Gasteiger charge is 2.40. The molecule has 1 N–H and O–H groups in total. The van der Waals surface area contributed by atoms with Crippen LogP contribution in [0.25, 0.3) is 0 Å². The fraction of sp³-hybridized carbons (Fsp3) is 0.417. The largest absolute Gasteiger partial charge is 0.379 e. The number of benzene rings is 1. The third-order valence-electron chi connectivity index (χ3n) is 2.70. The van der Waals surface area contributed by atoms with Crippen molar-refractivity contribution in [1.82, 2.24) is 0 Å². The van der Waals surface area contributed by atoms with Crippen LogP contribution in [-0.4, -0.2) is 19.1 Å². The first-order chi connectivity index (χ1) is 7.10. The molecule has 2 rings (SSSR count). The molecule has 1 saturated heterocycles. The van der Waals surface area contributed by atoms with E-state index in [-0.39, 0.29) is 11.3 Å². The molecule has 1 amide bonds. The molecule has 0 bridgehead atoms. The van der Waals surface area contributed by atoms with Crippen LogP contribution in [0.15, 0.2) is 24.3 Å². The molecule has 1 aromatic rings. The molecule has 0 aliphatic carbocycles. The van der Waals surface area contributed by atoms with Gasteiger partial charge < -0.3 is 10.1 Å². The quantitative estimate of drug-likeness (QED) is 0.801. The van der Waals surface area contributed by atoms with Gasteiger partial charge >= 0.3 is 0 Å². The molecule has 1 fully saturated rings. The number of anilines is 1. The Morgan fingerprint density at radius 2 is 1.93 bits per heavy atom. The average Bonchev–Trinajstić information content (AvgIpc) is 2.18. The van der Waals surface area contributed by atoms with Gasteiger partial charge in [-0.1, -0.05) is 17.7 Å². The predicted molar refractivity (Wildman–Crippen MR) is 58.7 cm³/mol. The lowest BCUT2D eigenvalue weighted by molar-refractivity contribution is -0.151. The van der Waals surface area contributed by atoms with Crippen molar-refractivity contribution < 1.29 is 9.53 Å². The van der Waals surface area contributed by atoms with E-state index >= 15 is 0 Å². The fourth-order valence-electron chi connectivity index (χ4n) is 1.46. The van der Waals surface area contributed by atoms with E-state index in [9.17, 15) is 4.79 Å². The number of carbonyl (C=O) groups is 1. The van der Waals surface area contributed by atoms with Crippen LogP contribution in [0.1, 0.15) is 12.5 Å². The maximum atomic E-state index is 11.8. The second kappa shape index (κ2) is 3.66. The van der Waals surface area contributed by atoms with E-state index in [2.05, 4.69) is 5.32 Å². The van der Waals surface area contributed by atoms with Gasteiger partial charge in [0.05, 0.1) is 18.6 Å². The maximum Gasteiger partial charge on any atom is 0.234 e. The fourth-order valence-corrected chi connectivity index (χ4v) is 1.46. The van der Waals surface area contributed by atoms with Crippen LogP contribution in [0.5, 0.6) is 0 Å². The first-order valence-corrected chi connectivity index (χ1v) is 5.06. The number of hydrogen-bond donors (Lipinski definition) is 1. The standard InChI is InChI=1S/C12H15NO2/c1-9-3-5-10(6-4-9)13-11(14)12(2)7-15-8-12/h3-6H,7-8H2,1-2H3,(H,13,14). The van der Waals surface area contributed by atoms with Crippen LogP contribution in [0.4, 0.5) is 5.69 Å². The Morgan fingerprint density at radius 3 is 2.40 bits per heavy atom. The maximum absolute atomic E-state index is 11.8. The van der Waals surface area contributed by atoms with Gasteiger partial charge in [0.25, 0.3) is 0 Å². The van der Waals surface area contributed by atoms with Crippen molar-refractivity contribution in [2.24, 2.45) is 5.41 Å². The Kier molecular flexibility index (Phi) is 2.49. The van der Waals surface area contributed by atoms with Crippen LogP contribution in [0, 0.1) is 12.3 Å². The summed E-state index contributed by atoms with van der Waals surface area (Å²) >= 11 is 0. The number of rotatable bonds is 2. The SMILES string of the molecule is Cc1ccc(NC(=O)C2(C)COC2)cc1. The van der Waals surface area contributed by atoms with Gasteiger partial charge in [-0.3, -0.25) is 4.79 Å². The molecule has 0 aromatic heterocycles. The molecule has 80 valence electrons. The van der Waals surface area contributed by atoms with Crippen LogP contribution in [0.2, 0.25) is 0 Å². The van der Waals surface area contributed by atoms with Gasteiger partial charge in [0.1, 0.15) is 0 Å². The van der Waals surface area contributed by atoms with Gasteiger partial charge in [-0.2, -0.15) is 0 Å². The summed E-state index contributed by atoms with van der Waals surface area (Å²) in [5.41, 5.74) is 1.69. The van der Waals surface area contributed by atoms with E-state index in [1.54, 1.807) is 0 Å². The Hall–Kier alpha value is -1.35. The highest BCUT2D eigenvalue weighted by Crippen LogP contribution is 2.28. The number of carbonyl (C=O) groups excluding carboxylic acids is 1. The minimum absolute atomic E-state index is 0.0394. The minimum atomic E-state index is -0.342. The molecule has 0 spiro atoms. The van der Waals surface area contributed by atoms with Crippen molar-refractivity contribution in [1.29, 1.82) is 0 Å². The summed E-state index contributed by atoms with van der Waals surface area (Å²) in [5, 5.41) is 2.89. The van der Waals surface area contributed by atoms with Crippen molar-refractivity contribution >= 4 is 11.6 Å². The molecule has 0 unspecified atom stereocenters. The van der Waals surface area contributed by atoms with Gasteiger partial charge in [0.15, 0.2) is 0 Å². The van der Waals surface area contributed by atoms with Crippen molar-refractivity contribution in [2.75, 3.05) is 18.5 Å². The summed E-state index contributed by atoms with van der Waals surface area (Å²) in [7, 11) is 0. The number of aryl methyl sites for hydroxylation is 1. The van der Waals surface area contributed by atoms with E-state index in [0.29, 0.717) is 13.2 Å². The summed E-state index contributed by atoms with van der Waals surface area (Å²) in [5.74, 6) is 0.0394. The van der Waals surface area contributed by atoms with Gasteiger partial charge in [-0.25, -0.2) is 0 Å². The Labute approximate surface area is 89.4 Å². The normalized spacial score (nSPS) is 18.0. The van der Waals surface area contributed by atoms with Crippen molar-refractivity contribution in [3.05, 3.63) is 29.8 Å². The average molecular weight is 205 g/mol. The zero-order valence-corrected chi connectivity index (χ0v) is 9.04. The summed E-state index contributed by atoms with van der Waals surface area (Å²) in [4.78, 5) is 11.8. The molecule has 3 nitrogen and oxygen atoms in total. The summed E-state index contributed by atoms with van der Waals surface area (Å²) in [6, 6.07) is 7.79. The molecule has 3 heteroatoms. The summed E-state index contributed by atoms with van der Waals surface area (Å²) in [6.07, 6.45) is 0. The van der Waals surface area contributed by atoms with Gasteiger partial charge in [-0.15, -0.1) is 0 Å². The molecule has 0 radical (unpaired) electrons. The van der Waals surface area contributed by atoms with Gasteiger partial charge in [0.2, 0.25) is 5.91 Å². The van der Waals surface area contributed by atoms with Crippen LogP contribution in [-0.2, 0) is 9.53 Å². The monoisotopic (exact) mass is 205 g/mol. The van der Waals surface area contributed by atoms with E-state index in [4.69, 9.17) is 4.74 Å². The Morgan fingerprint density at radius 1 is 1.33 bits per heavy atom. The predicted octanol–water partition coefficient (Wildman–Crippen LogP) is 1.97. The van der Waals surface area contributed by atoms with Crippen LogP contribution >= 0.6 is 0 Å². The molecular formula is C12H15NO2. The van der Waals surface area contributed by atoms with E-state index in [0.717, 1.165) is 5.69 Å². The molecule has 1 aromatic carbocycles. The highest BCUT2D eigenvalue weighted by atomic mass is 16.5. The first kappa shape index (κ1) is 10.2. The molecule has 1 aliphatic heterocycles. The van der Waals surface area contributed by atoms with Crippen molar-refractivity contribution in [3.8, 4) is 0 Å². The Bertz CT molecular complexity index is 366. The number of nitrogens with one attached hydrogen (secondary N) is 1. The lowest BCUT2D eigenvalue weighted by Gasteiger charge is -2.36. The van der Waals surface area contributed by atoms with Crippen LogP contribution in [0.3, 0.4) is 0 Å². The van der Waals surface area contributed by atoms with Gasteiger partial charge in [0, 0.05) is 5.69 Å². The second-order valence-electron chi connectivity index (χ2n) is 4.37. The zero-order valence-electron chi connectivity index (χ0n) is 9.04. The smallest absolute Gasteiger partial charge is 0.234 e. The zero-order chi connectivity index (χ0) is 10.9. The Balaban J connectivity index is 2.02. The van der Waals surface area contributed by atoms with E-state index in [1.807, 2.05) is 38.1 Å². The first-order valence-electron chi connectivity index (χ1n) is 5.06. The van der Waals surface area contributed by atoms with Crippen LogP contribution < -0.4 is 5.32 Å². The molecule has 0 saturated carbocycles.